The van der Waals surface area contributed by atoms with Crippen molar-refractivity contribution in [2.24, 2.45) is 5.92 Å². The summed E-state index contributed by atoms with van der Waals surface area (Å²) in [7, 11) is -5.84. The van der Waals surface area contributed by atoms with Crippen LogP contribution in [0.4, 0.5) is 13.2 Å². The Morgan fingerprint density at radius 1 is 1.44 bits per heavy atom. The van der Waals surface area contributed by atoms with Gasteiger partial charge in [-0.25, -0.2) is 8.98 Å². The van der Waals surface area contributed by atoms with E-state index < -0.39 is 27.7 Å². The first-order valence-corrected chi connectivity index (χ1v) is 5.76. The van der Waals surface area contributed by atoms with Gasteiger partial charge in [-0.05, 0) is 12.3 Å². The minimum Gasteiger partial charge on any atom is -0.479 e. The van der Waals surface area contributed by atoms with Crippen LogP contribution in [-0.4, -0.2) is 31.1 Å². The SMILES string of the molecule is O=C(O)C(CC1CC1)OS(=O)(=O)C(F)(F)F. The van der Waals surface area contributed by atoms with Gasteiger partial charge < -0.3 is 5.11 Å². The van der Waals surface area contributed by atoms with Crippen molar-refractivity contribution in [3.8, 4) is 0 Å². The Balaban J connectivity index is 2.71. The molecule has 94 valence electrons. The Hall–Kier alpha value is -0.830. The third kappa shape index (κ3) is 3.34. The zero-order chi connectivity index (χ0) is 12.6. The molecule has 0 bridgehead atoms. The van der Waals surface area contributed by atoms with Crippen LogP contribution in [0.15, 0.2) is 0 Å². The van der Waals surface area contributed by atoms with Crippen LogP contribution in [0.2, 0.25) is 0 Å². The van der Waals surface area contributed by atoms with E-state index in [2.05, 4.69) is 4.18 Å². The van der Waals surface area contributed by atoms with Gasteiger partial charge in [-0.3, -0.25) is 0 Å². The van der Waals surface area contributed by atoms with Crippen LogP contribution in [0, 0.1) is 5.92 Å². The standard InChI is InChI=1S/C7H9F3O5S/c8-7(9,10)16(13,14)15-5(6(11)12)3-4-1-2-4/h4-5H,1-3H2,(H,11,12). The molecule has 0 aromatic carbocycles. The third-order valence-electron chi connectivity index (χ3n) is 2.05. The lowest BCUT2D eigenvalue weighted by atomic mass is 10.2. The topological polar surface area (TPSA) is 80.7 Å². The fourth-order valence-electron chi connectivity index (χ4n) is 1.05. The van der Waals surface area contributed by atoms with Gasteiger partial charge in [0.05, 0.1) is 0 Å². The van der Waals surface area contributed by atoms with Gasteiger partial charge >= 0.3 is 21.6 Å². The molecule has 0 radical (unpaired) electrons. The number of hydrogen-bond acceptors (Lipinski definition) is 4. The number of halogens is 3. The van der Waals surface area contributed by atoms with Crippen LogP contribution in [0.3, 0.4) is 0 Å². The van der Waals surface area contributed by atoms with Gasteiger partial charge in [0.15, 0.2) is 6.10 Å². The zero-order valence-corrected chi connectivity index (χ0v) is 8.71. The Labute approximate surface area is 89.3 Å². The lowest BCUT2D eigenvalue weighted by molar-refractivity contribution is -0.146. The van der Waals surface area contributed by atoms with Gasteiger partial charge in [0.1, 0.15) is 0 Å². The van der Waals surface area contributed by atoms with Crippen LogP contribution >= 0.6 is 0 Å². The number of rotatable bonds is 5. The van der Waals surface area contributed by atoms with E-state index in [9.17, 15) is 26.4 Å². The van der Waals surface area contributed by atoms with E-state index >= 15 is 0 Å². The number of alkyl halides is 3. The fraction of sp³-hybridized carbons (Fsp3) is 0.857. The molecule has 1 rings (SSSR count). The highest BCUT2D eigenvalue weighted by Crippen LogP contribution is 2.35. The number of carboxylic acids is 1. The average Bonchev–Trinajstić information content (AvgIpc) is 2.84. The van der Waals surface area contributed by atoms with Crippen LogP contribution < -0.4 is 0 Å². The van der Waals surface area contributed by atoms with Crippen molar-refractivity contribution in [3.05, 3.63) is 0 Å². The molecule has 0 spiro atoms. The molecule has 16 heavy (non-hydrogen) atoms. The van der Waals surface area contributed by atoms with E-state index in [1.165, 1.54) is 0 Å². The molecule has 1 aliphatic rings. The van der Waals surface area contributed by atoms with Crippen molar-refractivity contribution in [1.82, 2.24) is 0 Å². The predicted molar refractivity (Wildman–Crippen MR) is 44.8 cm³/mol. The molecule has 1 aliphatic carbocycles. The molecule has 1 atom stereocenters. The summed E-state index contributed by atoms with van der Waals surface area (Å²) in [5, 5.41) is 8.52. The monoisotopic (exact) mass is 262 g/mol. The Morgan fingerprint density at radius 3 is 2.25 bits per heavy atom. The van der Waals surface area contributed by atoms with Gasteiger partial charge in [0.2, 0.25) is 0 Å². The molecule has 5 nitrogen and oxygen atoms in total. The van der Waals surface area contributed by atoms with E-state index in [1.807, 2.05) is 0 Å². The van der Waals surface area contributed by atoms with Crippen molar-refractivity contribution in [3.63, 3.8) is 0 Å². The molecule has 1 saturated carbocycles. The Kier molecular flexibility index (Phi) is 3.48. The highest BCUT2D eigenvalue weighted by Gasteiger charge is 2.50. The maximum Gasteiger partial charge on any atom is 0.523 e. The second kappa shape index (κ2) is 4.21. The van der Waals surface area contributed by atoms with Gasteiger partial charge in [-0.2, -0.15) is 21.6 Å². The van der Waals surface area contributed by atoms with Crippen molar-refractivity contribution in [1.29, 1.82) is 0 Å². The summed E-state index contributed by atoms with van der Waals surface area (Å²) in [6.45, 7) is 0. The molecule has 0 saturated heterocycles. The first-order valence-electron chi connectivity index (χ1n) is 4.36. The minimum absolute atomic E-state index is 0.0652. The lowest BCUT2D eigenvalue weighted by Crippen LogP contribution is -2.34. The molecule has 0 amide bonds. The van der Waals surface area contributed by atoms with E-state index in [0.29, 0.717) is 12.8 Å². The highest BCUT2D eigenvalue weighted by atomic mass is 32.2. The molecular formula is C7H9F3O5S. The molecule has 0 aromatic rings. The van der Waals surface area contributed by atoms with Gasteiger partial charge in [0.25, 0.3) is 0 Å². The van der Waals surface area contributed by atoms with Crippen LogP contribution in [0.5, 0.6) is 0 Å². The smallest absolute Gasteiger partial charge is 0.479 e. The normalized spacial score (nSPS) is 19.4. The molecule has 1 fully saturated rings. The zero-order valence-electron chi connectivity index (χ0n) is 7.90. The molecule has 0 heterocycles. The van der Waals surface area contributed by atoms with Gasteiger partial charge in [-0.1, -0.05) is 12.8 Å². The van der Waals surface area contributed by atoms with E-state index in [0.717, 1.165) is 0 Å². The van der Waals surface area contributed by atoms with E-state index in [-0.39, 0.29) is 12.3 Å². The highest BCUT2D eigenvalue weighted by molar-refractivity contribution is 7.87. The molecular weight excluding hydrogens is 253 g/mol. The van der Waals surface area contributed by atoms with Crippen LogP contribution in [-0.2, 0) is 19.1 Å². The molecule has 1 unspecified atom stereocenters. The van der Waals surface area contributed by atoms with Crippen LogP contribution in [0.25, 0.3) is 0 Å². The molecule has 0 aliphatic heterocycles. The van der Waals surface area contributed by atoms with Crippen molar-refractivity contribution >= 4 is 16.1 Å². The number of carboxylic acid groups (broad SMARTS) is 1. The quantitative estimate of drug-likeness (QED) is 0.593. The number of hydrogen-bond donors (Lipinski definition) is 1. The van der Waals surface area contributed by atoms with Gasteiger partial charge in [0, 0.05) is 0 Å². The summed E-state index contributed by atoms with van der Waals surface area (Å²) < 4.78 is 60.5. The Morgan fingerprint density at radius 2 is 1.94 bits per heavy atom. The summed E-state index contributed by atoms with van der Waals surface area (Å²) in [5.41, 5.74) is -5.59. The van der Waals surface area contributed by atoms with Crippen molar-refractivity contribution < 1.29 is 35.7 Å². The maximum atomic E-state index is 11.9. The third-order valence-corrected chi connectivity index (χ3v) is 3.10. The largest absolute Gasteiger partial charge is 0.523 e. The number of carbonyl (C=O) groups is 1. The van der Waals surface area contributed by atoms with E-state index in [4.69, 9.17) is 5.11 Å². The lowest BCUT2D eigenvalue weighted by Gasteiger charge is -2.14. The summed E-state index contributed by atoms with van der Waals surface area (Å²) in [5.74, 6) is -1.77. The number of aliphatic carboxylic acids is 1. The second-order valence-electron chi connectivity index (χ2n) is 3.50. The Bertz CT molecular complexity index is 370. The molecule has 1 N–H and O–H groups in total. The van der Waals surface area contributed by atoms with E-state index in [1.54, 1.807) is 0 Å². The average molecular weight is 262 g/mol. The summed E-state index contributed by atoms with van der Waals surface area (Å²) in [4.78, 5) is 10.5. The molecule has 9 heteroatoms. The first kappa shape index (κ1) is 13.2. The summed E-state index contributed by atoms with van der Waals surface area (Å²) in [6.07, 6.45) is -0.817. The minimum atomic E-state index is -5.84. The van der Waals surface area contributed by atoms with Crippen LogP contribution in [0.1, 0.15) is 19.3 Å². The fourth-order valence-corrected chi connectivity index (χ4v) is 1.62. The summed E-state index contributed by atoms with van der Waals surface area (Å²) >= 11 is 0. The second-order valence-corrected chi connectivity index (χ2v) is 5.07. The maximum absolute atomic E-state index is 11.9. The van der Waals surface area contributed by atoms with Crippen molar-refractivity contribution in [2.45, 2.75) is 30.9 Å². The predicted octanol–water partition coefficient (Wildman–Crippen LogP) is 1.11. The van der Waals surface area contributed by atoms with Gasteiger partial charge in [-0.15, -0.1) is 0 Å². The molecule has 0 aromatic heterocycles. The van der Waals surface area contributed by atoms with Crippen molar-refractivity contribution in [2.75, 3.05) is 0 Å². The summed E-state index contributed by atoms with van der Waals surface area (Å²) in [6, 6.07) is 0. The first-order chi connectivity index (χ1) is 7.13.